The molecular weight excluding hydrogens is 228 g/mol. The lowest BCUT2D eigenvalue weighted by molar-refractivity contribution is 0.190. The van der Waals surface area contributed by atoms with E-state index in [9.17, 15) is 0 Å². The zero-order chi connectivity index (χ0) is 12.3. The zero-order valence-corrected chi connectivity index (χ0v) is 11.7. The molecule has 0 radical (unpaired) electrons. The van der Waals surface area contributed by atoms with Gasteiger partial charge in [0.15, 0.2) is 0 Å². The summed E-state index contributed by atoms with van der Waals surface area (Å²) in [6.07, 6.45) is 2.75. The number of rotatable bonds is 7. The summed E-state index contributed by atoms with van der Waals surface area (Å²) in [5.41, 5.74) is 5.89. The second-order valence-corrected chi connectivity index (χ2v) is 6.51. The Morgan fingerprint density at radius 2 is 2.24 bits per heavy atom. The summed E-state index contributed by atoms with van der Waals surface area (Å²) >= 11 is 1.87. The van der Waals surface area contributed by atoms with Gasteiger partial charge >= 0.3 is 0 Å². The SMILES string of the molecule is CC(C)C(CN)CN(Cc1cccs1)C1CC1. The number of thiophene rings is 1. The smallest absolute Gasteiger partial charge is 0.0330 e. The molecule has 3 heteroatoms. The van der Waals surface area contributed by atoms with Crippen LogP contribution in [0.3, 0.4) is 0 Å². The molecule has 1 heterocycles. The van der Waals surface area contributed by atoms with E-state index in [-0.39, 0.29) is 0 Å². The van der Waals surface area contributed by atoms with Crippen LogP contribution in [-0.4, -0.2) is 24.0 Å². The predicted octanol–water partition coefficient (Wildman–Crippen LogP) is 2.94. The summed E-state index contributed by atoms with van der Waals surface area (Å²) in [4.78, 5) is 4.13. The minimum Gasteiger partial charge on any atom is -0.330 e. The van der Waals surface area contributed by atoms with Crippen LogP contribution in [0.15, 0.2) is 17.5 Å². The summed E-state index contributed by atoms with van der Waals surface area (Å²) in [6.45, 7) is 7.66. The van der Waals surface area contributed by atoms with E-state index in [4.69, 9.17) is 5.73 Å². The summed E-state index contributed by atoms with van der Waals surface area (Å²) in [6, 6.07) is 5.21. The highest BCUT2D eigenvalue weighted by Crippen LogP contribution is 2.30. The average molecular weight is 252 g/mol. The van der Waals surface area contributed by atoms with Gasteiger partial charge in [-0.2, -0.15) is 0 Å². The third-order valence-corrected chi connectivity index (χ3v) is 4.58. The molecule has 2 N–H and O–H groups in total. The first-order chi connectivity index (χ1) is 8.20. The van der Waals surface area contributed by atoms with Crippen LogP contribution in [0.25, 0.3) is 0 Å². The molecule has 1 aliphatic rings. The Labute approximate surface area is 109 Å². The van der Waals surface area contributed by atoms with Crippen LogP contribution in [0, 0.1) is 11.8 Å². The lowest BCUT2D eigenvalue weighted by Crippen LogP contribution is -2.36. The largest absolute Gasteiger partial charge is 0.330 e. The Kier molecular flexibility index (Phi) is 4.60. The van der Waals surface area contributed by atoms with Crippen molar-refractivity contribution in [2.75, 3.05) is 13.1 Å². The third kappa shape index (κ3) is 3.80. The number of hydrogen-bond donors (Lipinski definition) is 1. The molecule has 0 saturated heterocycles. The second-order valence-electron chi connectivity index (χ2n) is 5.48. The van der Waals surface area contributed by atoms with Crippen LogP contribution in [0.4, 0.5) is 0 Å². The van der Waals surface area contributed by atoms with Gasteiger partial charge in [-0.25, -0.2) is 0 Å². The molecule has 0 bridgehead atoms. The van der Waals surface area contributed by atoms with Crippen molar-refractivity contribution < 1.29 is 0 Å². The van der Waals surface area contributed by atoms with Gasteiger partial charge in [0, 0.05) is 24.0 Å². The minimum absolute atomic E-state index is 0.635. The van der Waals surface area contributed by atoms with Gasteiger partial charge in [-0.15, -0.1) is 11.3 Å². The Bertz CT molecular complexity index is 317. The molecule has 0 spiro atoms. The highest BCUT2D eigenvalue weighted by atomic mass is 32.1. The van der Waals surface area contributed by atoms with E-state index in [1.54, 1.807) is 0 Å². The zero-order valence-electron chi connectivity index (χ0n) is 10.9. The molecule has 1 aromatic rings. The van der Waals surface area contributed by atoms with Gasteiger partial charge in [0.25, 0.3) is 0 Å². The summed E-state index contributed by atoms with van der Waals surface area (Å²) in [7, 11) is 0. The van der Waals surface area contributed by atoms with E-state index in [0.717, 1.165) is 25.7 Å². The van der Waals surface area contributed by atoms with Gasteiger partial charge in [-0.05, 0) is 42.7 Å². The van der Waals surface area contributed by atoms with Crippen molar-refractivity contribution in [2.45, 2.75) is 39.3 Å². The molecule has 96 valence electrons. The van der Waals surface area contributed by atoms with Crippen LogP contribution in [0.1, 0.15) is 31.6 Å². The Balaban J connectivity index is 1.92. The average Bonchev–Trinajstić information content (AvgIpc) is 3.02. The first-order valence-electron chi connectivity index (χ1n) is 6.67. The van der Waals surface area contributed by atoms with Crippen molar-refractivity contribution in [3.8, 4) is 0 Å². The molecule has 2 nitrogen and oxygen atoms in total. The number of nitrogens with zero attached hydrogens (tertiary/aromatic N) is 1. The lowest BCUT2D eigenvalue weighted by atomic mass is 9.95. The van der Waals surface area contributed by atoms with Crippen LogP contribution in [-0.2, 0) is 6.54 Å². The van der Waals surface area contributed by atoms with E-state index < -0.39 is 0 Å². The maximum Gasteiger partial charge on any atom is 0.0330 e. The Morgan fingerprint density at radius 3 is 2.71 bits per heavy atom. The molecule has 2 rings (SSSR count). The molecule has 1 aromatic heterocycles. The molecule has 17 heavy (non-hydrogen) atoms. The van der Waals surface area contributed by atoms with Gasteiger partial charge in [0.2, 0.25) is 0 Å². The molecule has 1 aliphatic carbocycles. The fraction of sp³-hybridized carbons (Fsp3) is 0.714. The lowest BCUT2D eigenvalue weighted by Gasteiger charge is -2.28. The highest BCUT2D eigenvalue weighted by Gasteiger charge is 2.31. The van der Waals surface area contributed by atoms with Gasteiger partial charge in [0.05, 0.1) is 0 Å². The summed E-state index contributed by atoms with van der Waals surface area (Å²) in [5, 5.41) is 2.17. The van der Waals surface area contributed by atoms with Gasteiger partial charge < -0.3 is 5.73 Å². The minimum atomic E-state index is 0.635. The van der Waals surface area contributed by atoms with E-state index in [0.29, 0.717) is 11.8 Å². The van der Waals surface area contributed by atoms with E-state index >= 15 is 0 Å². The van der Waals surface area contributed by atoms with Crippen molar-refractivity contribution in [3.63, 3.8) is 0 Å². The van der Waals surface area contributed by atoms with Crippen LogP contribution in [0.2, 0.25) is 0 Å². The van der Waals surface area contributed by atoms with Gasteiger partial charge in [0.1, 0.15) is 0 Å². The third-order valence-electron chi connectivity index (χ3n) is 3.72. The predicted molar refractivity (Wildman–Crippen MR) is 75.1 cm³/mol. The first-order valence-corrected chi connectivity index (χ1v) is 7.55. The molecule has 1 atom stereocenters. The van der Waals surface area contributed by atoms with Crippen LogP contribution >= 0.6 is 11.3 Å². The van der Waals surface area contributed by atoms with Crippen LogP contribution in [0.5, 0.6) is 0 Å². The Hall–Kier alpha value is -0.380. The van der Waals surface area contributed by atoms with E-state index in [1.165, 1.54) is 17.7 Å². The van der Waals surface area contributed by atoms with Crippen LogP contribution < -0.4 is 5.73 Å². The fourth-order valence-electron chi connectivity index (χ4n) is 2.24. The van der Waals surface area contributed by atoms with Crippen molar-refractivity contribution in [1.82, 2.24) is 4.90 Å². The molecule has 1 saturated carbocycles. The van der Waals surface area contributed by atoms with E-state index in [2.05, 4.69) is 36.3 Å². The first kappa shape index (κ1) is 13.1. The molecule has 0 aromatic carbocycles. The maximum absolute atomic E-state index is 5.89. The van der Waals surface area contributed by atoms with Gasteiger partial charge in [-0.1, -0.05) is 19.9 Å². The Morgan fingerprint density at radius 1 is 1.47 bits per heavy atom. The second kappa shape index (κ2) is 5.98. The quantitative estimate of drug-likeness (QED) is 0.808. The normalized spacial score (nSPS) is 17.9. The topological polar surface area (TPSA) is 29.3 Å². The summed E-state index contributed by atoms with van der Waals surface area (Å²) < 4.78 is 0. The monoisotopic (exact) mass is 252 g/mol. The number of hydrogen-bond acceptors (Lipinski definition) is 3. The number of nitrogens with two attached hydrogens (primary N) is 1. The van der Waals surface area contributed by atoms with Crippen molar-refractivity contribution >= 4 is 11.3 Å². The molecule has 0 amide bonds. The summed E-state index contributed by atoms with van der Waals surface area (Å²) in [5.74, 6) is 1.32. The fourth-order valence-corrected chi connectivity index (χ4v) is 2.97. The molecular formula is C14H24N2S. The standard InChI is InChI=1S/C14H24N2S/c1-11(2)12(8-15)9-16(13-5-6-13)10-14-4-3-7-17-14/h3-4,7,11-13H,5-6,8-10,15H2,1-2H3. The molecule has 1 unspecified atom stereocenters. The van der Waals surface area contributed by atoms with Crippen molar-refractivity contribution in [3.05, 3.63) is 22.4 Å². The van der Waals surface area contributed by atoms with E-state index in [1.807, 2.05) is 11.3 Å². The van der Waals surface area contributed by atoms with Crippen molar-refractivity contribution in [2.24, 2.45) is 17.6 Å². The molecule has 1 fully saturated rings. The maximum atomic E-state index is 5.89. The highest BCUT2D eigenvalue weighted by molar-refractivity contribution is 7.09. The van der Waals surface area contributed by atoms with Crippen molar-refractivity contribution in [1.29, 1.82) is 0 Å². The van der Waals surface area contributed by atoms with Gasteiger partial charge in [-0.3, -0.25) is 4.90 Å². The molecule has 0 aliphatic heterocycles.